The first kappa shape index (κ1) is 20.7. The summed E-state index contributed by atoms with van der Waals surface area (Å²) in [7, 11) is 0. The van der Waals surface area contributed by atoms with Gasteiger partial charge in [-0.05, 0) is 29.2 Å². The Morgan fingerprint density at radius 1 is 0.833 bits per heavy atom. The number of carboxylic acid groups (broad SMARTS) is 1. The third kappa shape index (κ3) is 4.01. The molecule has 1 saturated carbocycles. The number of fused-ring (bicyclic) bond motifs is 1. The van der Waals surface area contributed by atoms with Crippen LogP contribution in [0.4, 0.5) is 4.79 Å². The molecular weight excluding hydrogens is 380 g/mol. The Hall–Kier alpha value is -2.60. The van der Waals surface area contributed by atoms with Crippen LogP contribution >= 0.6 is 0 Å². The minimum absolute atomic E-state index is 0.0826. The molecule has 2 amide bonds. The zero-order valence-electron chi connectivity index (χ0n) is 17.3. The molecule has 6 heteroatoms. The molecule has 1 atom stereocenters. The van der Waals surface area contributed by atoms with Gasteiger partial charge in [-0.3, -0.25) is 4.79 Å². The summed E-state index contributed by atoms with van der Waals surface area (Å²) in [6.07, 6.45) is 4.26. The fourth-order valence-corrected chi connectivity index (χ4v) is 5.08. The number of hydrogen-bond acceptors (Lipinski definition) is 3. The molecule has 2 fully saturated rings. The third-order valence-corrected chi connectivity index (χ3v) is 6.75. The van der Waals surface area contributed by atoms with Gasteiger partial charge < -0.3 is 20.0 Å². The van der Waals surface area contributed by atoms with Gasteiger partial charge in [0.1, 0.15) is 0 Å². The van der Waals surface area contributed by atoms with Crippen LogP contribution in [0.3, 0.4) is 0 Å². The van der Waals surface area contributed by atoms with E-state index >= 15 is 0 Å². The summed E-state index contributed by atoms with van der Waals surface area (Å²) >= 11 is 0. The number of amides is 2. The van der Waals surface area contributed by atoms with E-state index in [2.05, 4.69) is 0 Å². The smallest absolute Gasteiger partial charge is 0.407 e. The SMILES string of the molecule is O=C(O)N1CCN(C(=O)C(c2cccc3ccccc23)C2(O)CCCCCC2)CC1. The minimum atomic E-state index is -1.08. The van der Waals surface area contributed by atoms with Crippen LogP contribution in [0.2, 0.25) is 0 Å². The van der Waals surface area contributed by atoms with Gasteiger partial charge in [0.25, 0.3) is 0 Å². The predicted molar refractivity (Wildman–Crippen MR) is 116 cm³/mol. The highest BCUT2D eigenvalue weighted by molar-refractivity contribution is 5.94. The molecule has 1 saturated heterocycles. The van der Waals surface area contributed by atoms with Crippen molar-refractivity contribution in [2.75, 3.05) is 26.2 Å². The van der Waals surface area contributed by atoms with Crippen molar-refractivity contribution in [1.82, 2.24) is 9.80 Å². The lowest BCUT2D eigenvalue weighted by Crippen LogP contribution is -2.54. The molecule has 0 bridgehead atoms. The van der Waals surface area contributed by atoms with Gasteiger partial charge in [0.15, 0.2) is 0 Å². The van der Waals surface area contributed by atoms with Gasteiger partial charge in [-0.1, -0.05) is 68.1 Å². The number of benzene rings is 2. The topological polar surface area (TPSA) is 81.1 Å². The van der Waals surface area contributed by atoms with Crippen LogP contribution in [0.1, 0.15) is 50.0 Å². The van der Waals surface area contributed by atoms with E-state index in [1.54, 1.807) is 4.90 Å². The zero-order valence-corrected chi connectivity index (χ0v) is 17.3. The van der Waals surface area contributed by atoms with Gasteiger partial charge in [-0.25, -0.2) is 4.79 Å². The maximum absolute atomic E-state index is 13.8. The van der Waals surface area contributed by atoms with E-state index < -0.39 is 17.6 Å². The van der Waals surface area contributed by atoms with Crippen LogP contribution in [-0.2, 0) is 4.79 Å². The lowest BCUT2D eigenvalue weighted by atomic mass is 9.75. The van der Waals surface area contributed by atoms with Crippen molar-refractivity contribution in [1.29, 1.82) is 0 Å². The summed E-state index contributed by atoms with van der Waals surface area (Å²) in [6, 6.07) is 14.0. The molecule has 0 aromatic heterocycles. The van der Waals surface area contributed by atoms with E-state index in [1.165, 1.54) is 4.90 Å². The lowest BCUT2D eigenvalue weighted by molar-refractivity contribution is -0.142. The molecule has 2 N–H and O–H groups in total. The Bertz CT molecular complexity index is 907. The van der Waals surface area contributed by atoms with Gasteiger partial charge in [-0.2, -0.15) is 0 Å². The second kappa shape index (κ2) is 8.64. The molecule has 160 valence electrons. The third-order valence-electron chi connectivity index (χ3n) is 6.75. The molecule has 2 aromatic carbocycles. The monoisotopic (exact) mass is 410 g/mol. The Morgan fingerprint density at radius 2 is 1.43 bits per heavy atom. The Morgan fingerprint density at radius 3 is 2.10 bits per heavy atom. The van der Waals surface area contributed by atoms with Crippen LogP contribution in [0.5, 0.6) is 0 Å². The molecule has 6 nitrogen and oxygen atoms in total. The summed E-state index contributed by atoms with van der Waals surface area (Å²) in [5.74, 6) is -0.723. The van der Waals surface area contributed by atoms with Crippen molar-refractivity contribution in [3.8, 4) is 0 Å². The van der Waals surface area contributed by atoms with E-state index in [1.807, 2.05) is 42.5 Å². The molecule has 0 radical (unpaired) electrons. The molecule has 1 aliphatic carbocycles. The van der Waals surface area contributed by atoms with Crippen molar-refractivity contribution in [2.45, 2.75) is 50.0 Å². The molecule has 2 aliphatic rings. The Kier molecular flexibility index (Phi) is 5.95. The molecule has 30 heavy (non-hydrogen) atoms. The number of hydrogen-bond donors (Lipinski definition) is 2. The summed E-state index contributed by atoms with van der Waals surface area (Å²) in [6.45, 7) is 1.34. The minimum Gasteiger partial charge on any atom is -0.465 e. The van der Waals surface area contributed by atoms with E-state index in [9.17, 15) is 19.8 Å². The first-order chi connectivity index (χ1) is 14.5. The molecule has 0 spiro atoms. The molecular formula is C24H30N2O4. The zero-order chi connectivity index (χ0) is 21.1. The molecule has 4 rings (SSSR count). The van der Waals surface area contributed by atoms with E-state index in [4.69, 9.17) is 0 Å². The van der Waals surface area contributed by atoms with Crippen molar-refractivity contribution in [3.05, 3.63) is 48.0 Å². The maximum Gasteiger partial charge on any atom is 0.407 e. The summed E-state index contributed by atoms with van der Waals surface area (Å²) in [4.78, 5) is 28.2. The number of nitrogens with zero attached hydrogens (tertiary/aromatic N) is 2. The second-order valence-corrected chi connectivity index (χ2v) is 8.61. The predicted octanol–water partition coefficient (Wildman–Crippen LogP) is 3.83. The highest BCUT2D eigenvalue weighted by Gasteiger charge is 2.45. The number of carbonyl (C=O) groups is 2. The fraction of sp³-hybridized carbons (Fsp3) is 0.500. The molecule has 1 unspecified atom stereocenters. The average Bonchev–Trinajstić information content (AvgIpc) is 2.99. The van der Waals surface area contributed by atoms with Crippen molar-refractivity contribution >= 4 is 22.8 Å². The lowest BCUT2D eigenvalue weighted by Gasteiger charge is -2.41. The fourth-order valence-electron chi connectivity index (χ4n) is 5.08. The first-order valence-corrected chi connectivity index (χ1v) is 11.0. The van der Waals surface area contributed by atoms with Gasteiger partial charge in [0, 0.05) is 26.2 Å². The van der Waals surface area contributed by atoms with E-state index in [0.717, 1.165) is 42.0 Å². The largest absolute Gasteiger partial charge is 0.465 e. The highest BCUT2D eigenvalue weighted by Crippen LogP contribution is 2.42. The quantitative estimate of drug-likeness (QED) is 0.754. The van der Waals surface area contributed by atoms with E-state index in [0.29, 0.717) is 39.0 Å². The van der Waals surface area contributed by atoms with E-state index in [-0.39, 0.29) is 5.91 Å². The van der Waals surface area contributed by atoms with Crippen LogP contribution in [-0.4, -0.2) is 63.8 Å². The van der Waals surface area contributed by atoms with Crippen LogP contribution in [0.15, 0.2) is 42.5 Å². The Labute approximate surface area is 177 Å². The number of piperazine rings is 1. The normalized spacial score (nSPS) is 20.6. The Balaban J connectivity index is 1.72. The number of carbonyl (C=O) groups excluding carboxylic acids is 1. The van der Waals surface area contributed by atoms with Gasteiger partial charge in [0.2, 0.25) is 5.91 Å². The average molecular weight is 411 g/mol. The van der Waals surface area contributed by atoms with Crippen molar-refractivity contribution in [2.24, 2.45) is 0 Å². The van der Waals surface area contributed by atoms with Crippen LogP contribution in [0.25, 0.3) is 10.8 Å². The maximum atomic E-state index is 13.8. The summed E-state index contributed by atoms with van der Waals surface area (Å²) < 4.78 is 0. The van der Waals surface area contributed by atoms with Gasteiger partial charge in [-0.15, -0.1) is 0 Å². The number of rotatable bonds is 3. The highest BCUT2D eigenvalue weighted by atomic mass is 16.4. The van der Waals surface area contributed by atoms with Crippen molar-refractivity contribution in [3.63, 3.8) is 0 Å². The summed E-state index contributed by atoms with van der Waals surface area (Å²) in [5, 5.41) is 23.1. The second-order valence-electron chi connectivity index (χ2n) is 8.61. The first-order valence-electron chi connectivity index (χ1n) is 11.0. The molecule has 1 heterocycles. The molecule has 1 aliphatic heterocycles. The van der Waals surface area contributed by atoms with Crippen LogP contribution in [0, 0.1) is 0 Å². The van der Waals surface area contributed by atoms with Gasteiger partial charge in [0.05, 0.1) is 11.5 Å². The van der Waals surface area contributed by atoms with Crippen LogP contribution < -0.4 is 0 Å². The molecule has 2 aromatic rings. The summed E-state index contributed by atoms with van der Waals surface area (Å²) in [5.41, 5.74) is -0.204. The van der Waals surface area contributed by atoms with Crippen molar-refractivity contribution < 1.29 is 19.8 Å². The standard InChI is InChI=1S/C24H30N2O4/c27-22(25-14-16-26(17-15-25)23(28)29)21(24(30)12-5-1-2-6-13-24)20-11-7-9-18-8-3-4-10-19(18)20/h3-4,7-11,21,30H,1-2,5-6,12-17H2,(H,28,29). The number of aliphatic hydroxyl groups is 1. The van der Waals surface area contributed by atoms with Gasteiger partial charge >= 0.3 is 6.09 Å².